The molecule has 0 aromatic heterocycles. The molecule has 0 amide bonds. The average molecular weight is 1200 g/mol. The highest BCUT2D eigenvalue weighted by Crippen LogP contribution is 2.38. The fourth-order valence-corrected chi connectivity index (χ4v) is 10.1. The molecule has 2 aliphatic carbocycles. The Morgan fingerprint density at radius 1 is 0.624 bits per heavy atom. The van der Waals surface area contributed by atoms with Gasteiger partial charge in [-0.05, 0) is 186 Å². The second-order valence-electron chi connectivity index (χ2n) is 20.0. The van der Waals surface area contributed by atoms with Crippen LogP contribution in [0, 0.1) is 17.8 Å². The van der Waals surface area contributed by atoms with E-state index in [9.17, 15) is 14.4 Å². The van der Waals surface area contributed by atoms with Crippen molar-refractivity contribution < 1.29 is 67.0 Å². The minimum atomic E-state index is -0.465. The first kappa shape index (κ1) is 74.0. The largest absolute Gasteiger partial charge is 0.497 e. The molecule has 2 saturated carbocycles. The maximum atomic E-state index is 11.9. The summed E-state index contributed by atoms with van der Waals surface area (Å²) in [5.74, 6) is 5.39. The third kappa shape index (κ3) is 32.7. The number of unbranched alkanes of at least 4 members (excludes halogenated alkanes) is 6. The summed E-state index contributed by atoms with van der Waals surface area (Å²) in [4.78, 5) is 51.9. The van der Waals surface area contributed by atoms with Gasteiger partial charge in [-0.2, -0.15) is 0 Å². The summed E-state index contributed by atoms with van der Waals surface area (Å²) in [5, 5.41) is 8.99. The summed E-state index contributed by atoms with van der Waals surface area (Å²) in [6.45, 7) is 16.5. The summed E-state index contributed by atoms with van der Waals surface area (Å²) in [6, 6.07) is 30.0. The third-order valence-corrected chi connectivity index (χ3v) is 15.0. The van der Waals surface area contributed by atoms with Crippen LogP contribution in [0.15, 0.2) is 134 Å². The number of nitrogens with two attached hydrogens (primary N) is 1. The van der Waals surface area contributed by atoms with Crippen LogP contribution in [0.25, 0.3) is 0 Å². The van der Waals surface area contributed by atoms with Crippen LogP contribution >= 0.6 is 11.8 Å². The molecule has 0 aliphatic heterocycles. The van der Waals surface area contributed by atoms with Gasteiger partial charge in [0, 0.05) is 55.5 Å². The van der Waals surface area contributed by atoms with Gasteiger partial charge in [0.05, 0.1) is 58.3 Å². The molecule has 468 valence electrons. The maximum Gasteiger partial charge on any atom is 0.330 e. The van der Waals surface area contributed by atoms with Gasteiger partial charge in [0.15, 0.2) is 0 Å². The molecule has 2 fully saturated rings. The summed E-state index contributed by atoms with van der Waals surface area (Å²) in [7, 11) is 4.39. The van der Waals surface area contributed by atoms with E-state index in [1.165, 1.54) is 30.2 Å². The number of esters is 2. The standard InChI is InChI=1S/C46H63N3O7S.C16H22O4.C3H4O.CH4O.CH2O/c1-3-46(51)54-29-26-49(34-57-45-11-7-6-10-42(45)47)48-43-30-41(55-32-36-14-12-35(31-50)13-15-36)24-25-44(43)56-33-37-16-18-38(19-17-37)39-20-22-40(23-21-39)53-28-9-5-4-8-27-52-2;1-3-16(17)20-13-7-5-4-6-12-19-15-10-8-14(18-2)9-11-15;1-2-3-4;2*1-2/h3,6-7,10-11,20-25,30-31,35-38,48H,1,4-5,8-9,12-19,26-29,32-34,47H2,2H3;3,8-11H,1,4-7,12-13H2,2H3;2-3H,1H2;2H,1H3;1H2. The number of nitrogens with zero attached hydrogens (tertiary/aromatic N) is 1. The molecule has 0 radical (unpaired) electrons. The average Bonchev–Trinajstić information content (AvgIpc) is 3.76. The second kappa shape index (κ2) is 48.2. The van der Waals surface area contributed by atoms with Crippen LogP contribution in [0.5, 0.6) is 28.7 Å². The van der Waals surface area contributed by atoms with Gasteiger partial charge < -0.3 is 63.7 Å². The number of rotatable bonds is 36. The van der Waals surface area contributed by atoms with E-state index in [2.05, 4.69) is 49.4 Å². The van der Waals surface area contributed by atoms with Crippen LogP contribution in [-0.2, 0) is 38.2 Å². The number of anilines is 2. The van der Waals surface area contributed by atoms with E-state index >= 15 is 0 Å². The van der Waals surface area contributed by atoms with Crippen LogP contribution in [0.2, 0.25) is 0 Å². The fraction of sp³-hybridized carbons (Fsp3) is 0.478. The van der Waals surface area contributed by atoms with Crippen molar-refractivity contribution in [3.05, 3.63) is 135 Å². The lowest BCUT2D eigenvalue weighted by molar-refractivity contribution is -0.138. The number of hydrogen-bond donors (Lipinski definition) is 3. The molecule has 4 N–H and O–H groups in total. The first-order chi connectivity index (χ1) is 41.6. The van der Waals surface area contributed by atoms with Gasteiger partial charge in [-0.1, -0.05) is 50.4 Å². The predicted molar refractivity (Wildman–Crippen MR) is 339 cm³/mol. The van der Waals surface area contributed by atoms with Crippen LogP contribution in [0.1, 0.15) is 114 Å². The molecule has 85 heavy (non-hydrogen) atoms. The lowest BCUT2D eigenvalue weighted by Crippen LogP contribution is -2.33. The van der Waals surface area contributed by atoms with Crippen molar-refractivity contribution >= 4 is 54.4 Å². The Labute approximate surface area is 509 Å². The smallest absolute Gasteiger partial charge is 0.330 e. The van der Waals surface area contributed by atoms with Gasteiger partial charge >= 0.3 is 11.9 Å². The number of methoxy groups -OCH3 is 2. The van der Waals surface area contributed by atoms with Crippen molar-refractivity contribution in [3.8, 4) is 28.7 Å². The Kier molecular flexibility index (Phi) is 41.9. The van der Waals surface area contributed by atoms with Crippen LogP contribution in [0.3, 0.4) is 0 Å². The second-order valence-corrected chi connectivity index (χ2v) is 21.0. The van der Waals surface area contributed by atoms with E-state index < -0.39 is 5.97 Å². The zero-order valence-corrected chi connectivity index (χ0v) is 51.4. The number of benzene rings is 4. The number of allylic oxidation sites excluding steroid dienone is 1. The molecule has 2 aliphatic rings. The third-order valence-electron chi connectivity index (χ3n) is 13.9. The number of hydrazine groups is 1. The zero-order chi connectivity index (χ0) is 62.1. The normalized spacial score (nSPS) is 15.7. The Bertz CT molecular complexity index is 2420. The summed E-state index contributed by atoms with van der Waals surface area (Å²) < 4.78 is 45.0. The first-order valence-electron chi connectivity index (χ1n) is 29.3. The highest BCUT2D eigenvalue weighted by Gasteiger charge is 2.25. The van der Waals surface area contributed by atoms with Crippen molar-refractivity contribution in [1.82, 2.24) is 5.01 Å². The molecule has 4 aromatic carbocycles. The SMILES string of the molecule is C=CC(=O)OCCCCCCOc1ccc(OC)cc1.C=CC(=O)OCCN(CSc1ccccc1N)Nc1cc(OCC2CCC(C=O)CC2)ccc1OCC1CCC(c2ccc(OCCCCCCOC)cc2)CC1.C=CC=O.C=O.CO. The van der Waals surface area contributed by atoms with E-state index in [0.29, 0.717) is 68.6 Å². The number of hydrogen-bond acceptors (Lipinski definition) is 18. The molecule has 17 nitrogen and oxygen atoms in total. The summed E-state index contributed by atoms with van der Waals surface area (Å²) in [5.41, 5.74) is 12.7. The Balaban J connectivity index is 0.000000730. The quantitative estimate of drug-likeness (QED) is 0.00563. The summed E-state index contributed by atoms with van der Waals surface area (Å²) >= 11 is 1.59. The predicted octanol–water partition coefficient (Wildman–Crippen LogP) is 12.9. The Hall–Kier alpha value is -7.12. The lowest BCUT2D eigenvalue weighted by atomic mass is 9.79. The fourth-order valence-electron chi connectivity index (χ4n) is 9.16. The van der Waals surface area contributed by atoms with E-state index in [4.69, 9.17) is 58.3 Å². The van der Waals surface area contributed by atoms with Gasteiger partial charge in [-0.15, -0.1) is 11.8 Å². The van der Waals surface area contributed by atoms with E-state index in [0.717, 1.165) is 162 Å². The molecule has 18 heteroatoms. The van der Waals surface area contributed by atoms with Crippen molar-refractivity contribution in [3.63, 3.8) is 0 Å². The number of carbonyl (C=O) groups is 5. The van der Waals surface area contributed by atoms with Gasteiger partial charge in [-0.25, -0.2) is 14.6 Å². The van der Waals surface area contributed by atoms with Gasteiger partial charge in [-0.3, -0.25) is 4.79 Å². The van der Waals surface area contributed by atoms with Gasteiger partial charge in [0.1, 0.15) is 54.7 Å². The molecule has 0 bridgehead atoms. The van der Waals surface area contributed by atoms with E-state index in [-0.39, 0.29) is 18.5 Å². The number of aliphatic hydroxyl groups excluding tert-OH is 1. The van der Waals surface area contributed by atoms with Crippen LogP contribution in [-0.4, -0.2) is 121 Å². The first-order valence-corrected chi connectivity index (χ1v) is 30.3. The number of nitrogen functional groups attached to an aromatic ring is 1. The summed E-state index contributed by atoms with van der Waals surface area (Å²) in [6.07, 6.45) is 22.0. The lowest BCUT2D eigenvalue weighted by Gasteiger charge is -2.30. The molecule has 0 heterocycles. The number of aliphatic hydroxyl groups is 1. The molecular formula is C67H95N3O14S. The number of para-hydroxylation sites is 1. The van der Waals surface area contributed by atoms with Crippen molar-refractivity contribution in [2.24, 2.45) is 17.8 Å². The van der Waals surface area contributed by atoms with E-state index in [1.807, 2.05) is 78.5 Å². The number of ether oxygens (including phenoxy) is 8. The number of nitrogens with one attached hydrogen (secondary N) is 1. The highest BCUT2D eigenvalue weighted by molar-refractivity contribution is 7.99. The molecule has 6 rings (SSSR count). The molecule has 0 unspecified atom stereocenters. The highest BCUT2D eigenvalue weighted by atomic mass is 32.2. The molecular weight excluding hydrogens is 1100 g/mol. The van der Waals surface area contributed by atoms with Gasteiger partial charge in [0.25, 0.3) is 0 Å². The van der Waals surface area contributed by atoms with Crippen molar-refractivity contribution in [2.75, 3.05) is 91.2 Å². The molecule has 0 atom stereocenters. The van der Waals surface area contributed by atoms with Gasteiger partial charge in [0.2, 0.25) is 0 Å². The molecule has 0 saturated heterocycles. The number of aldehydes is 2. The minimum absolute atomic E-state index is 0.174. The van der Waals surface area contributed by atoms with Crippen LogP contribution in [0.4, 0.5) is 11.4 Å². The maximum absolute atomic E-state index is 11.9. The minimum Gasteiger partial charge on any atom is -0.497 e. The topological polar surface area (TPSA) is 221 Å². The molecule has 0 spiro atoms. The number of carbonyl (C=O) groups excluding carboxylic acids is 5. The van der Waals surface area contributed by atoms with E-state index in [1.54, 1.807) is 26.0 Å². The Morgan fingerprint density at radius 3 is 1.67 bits per heavy atom. The molecule has 4 aromatic rings. The number of thioether (sulfide) groups is 1. The Morgan fingerprint density at radius 2 is 1.13 bits per heavy atom. The zero-order valence-electron chi connectivity index (χ0n) is 50.5. The van der Waals surface area contributed by atoms with Crippen molar-refractivity contribution in [1.29, 1.82) is 0 Å². The van der Waals surface area contributed by atoms with Crippen molar-refractivity contribution in [2.45, 2.75) is 114 Å². The van der Waals surface area contributed by atoms with Crippen LogP contribution < -0.4 is 34.8 Å². The monoisotopic (exact) mass is 1200 g/mol.